The topological polar surface area (TPSA) is 24.9 Å². The lowest BCUT2D eigenvalue weighted by molar-refractivity contribution is 0.626. The number of hydrogen-bond donors (Lipinski definition) is 1. The van der Waals surface area contributed by atoms with Crippen molar-refractivity contribution in [3.8, 4) is 0 Å². The van der Waals surface area contributed by atoms with E-state index in [4.69, 9.17) is 0 Å². The summed E-state index contributed by atoms with van der Waals surface area (Å²) in [6.07, 6.45) is 1.77. The van der Waals surface area contributed by atoms with Crippen LogP contribution in [0.1, 0.15) is 24.1 Å². The Morgan fingerprint density at radius 1 is 1.18 bits per heavy atom. The zero-order chi connectivity index (χ0) is 12.3. The highest BCUT2D eigenvalue weighted by atomic mass is 19.1. The number of pyridine rings is 1. The summed E-state index contributed by atoms with van der Waals surface area (Å²) in [5.41, 5.74) is 2.20. The summed E-state index contributed by atoms with van der Waals surface area (Å²) in [6.45, 7) is 4.05. The number of anilines is 1. The van der Waals surface area contributed by atoms with Crippen molar-refractivity contribution in [1.29, 1.82) is 0 Å². The average Bonchev–Trinajstić information content (AvgIpc) is 2.29. The summed E-state index contributed by atoms with van der Waals surface area (Å²) in [7, 11) is 0. The molecule has 0 amide bonds. The first-order valence-corrected chi connectivity index (χ1v) is 5.60. The van der Waals surface area contributed by atoms with Crippen molar-refractivity contribution in [2.45, 2.75) is 19.9 Å². The fraction of sp³-hybridized carbons (Fsp3) is 0.214. The Morgan fingerprint density at radius 2 is 1.88 bits per heavy atom. The van der Waals surface area contributed by atoms with Crippen LogP contribution < -0.4 is 5.32 Å². The summed E-state index contributed by atoms with van der Waals surface area (Å²) in [5.74, 6) is 0.622. The Balaban J connectivity index is 2.11. The molecular weight excluding hydrogens is 215 g/mol. The number of aromatic nitrogens is 1. The van der Waals surface area contributed by atoms with E-state index in [1.807, 2.05) is 26.0 Å². The maximum atomic E-state index is 12.8. The minimum Gasteiger partial charge on any atom is -0.364 e. The largest absolute Gasteiger partial charge is 0.364 e. The van der Waals surface area contributed by atoms with Gasteiger partial charge in [-0.05, 0) is 49.2 Å². The fourth-order valence-electron chi connectivity index (χ4n) is 1.67. The molecule has 3 heteroatoms. The van der Waals surface area contributed by atoms with E-state index in [-0.39, 0.29) is 11.9 Å². The van der Waals surface area contributed by atoms with Crippen LogP contribution in [0.25, 0.3) is 0 Å². The lowest BCUT2D eigenvalue weighted by atomic mass is 10.1. The van der Waals surface area contributed by atoms with Crippen molar-refractivity contribution < 1.29 is 4.39 Å². The summed E-state index contributed by atoms with van der Waals surface area (Å²) < 4.78 is 12.8. The molecule has 1 atom stereocenters. The lowest BCUT2D eigenvalue weighted by Gasteiger charge is -2.15. The van der Waals surface area contributed by atoms with Crippen molar-refractivity contribution in [2.24, 2.45) is 0 Å². The van der Waals surface area contributed by atoms with Crippen molar-refractivity contribution in [3.63, 3.8) is 0 Å². The molecular formula is C14H15FN2. The van der Waals surface area contributed by atoms with E-state index in [0.29, 0.717) is 0 Å². The van der Waals surface area contributed by atoms with Crippen molar-refractivity contribution >= 4 is 5.82 Å². The van der Waals surface area contributed by atoms with Crippen LogP contribution in [0.3, 0.4) is 0 Å². The van der Waals surface area contributed by atoms with Gasteiger partial charge in [0.15, 0.2) is 0 Å². The second-order valence-electron chi connectivity index (χ2n) is 4.14. The smallest absolute Gasteiger partial charge is 0.126 e. The number of benzene rings is 1. The number of nitrogens with zero attached hydrogens (tertiary/aromatic N) is 1. The molecule has 2 rings (SSSR count). The molecule has 1 aromatic carbocycles. The van der Waals surface area contributed by atoms with Gasteiger partial charge in [-0.25, -0.2) is 9.37 Å². The normalized spacial score (nSPS) is 12.2. The fourth-order valence-corrected chi connectivity index (χ4v) is 1.67. The molecule has 0 aliphatic heterocycles. The van der Waals surface area contributed by atoms with Crippen LogP contribution in [0, 0.1) is 12.7 Å². The Kier molecular flexibility index (Phi) is 3.38. The number of aryl methyl sites for hydroxylation is 1. The summed E-state index contributed by atoms with van der Waals surface area (Å²) >= 11 is 0. The zero-order valence-corrected chi connectivity index (χ0v) is 9.94. The molecule has 0 radical (unpaired) electrons. The van der Waals surface area contributed by atoms with Gasteiger partial charge in [0.05, 0.1) is 0 Å². The van der Waals surface area contributed by atoms with E-state index in [9.17, 15) is 4.39 Å². The second-order valence-corrected chi connectivity index (χ2v) is 4.14. The first kappa shape index (κ1) is 11.6. The first-order valence-electron chi connectivity index (χ1n) is 5.60. The maximum absolute atomic E-state index is 12.8. The molecule has 0 bridgehead atoms. The molecule has 0 aliphatic rings. The molecule has 17 heavy (non-hydrogen) atoms. The van der Waals surface area contributed by atoms with E-state index in [1.54, 1.807) is 18.3 Å². The van der Waals surface area contributed by atoms with E-state index in [1.165, 1.54) is 12.1 Å². The monoisotopic (exact) mass is 230 g/mol. The maximum Gasteiger partial charge on any atom is 0.126 e. The van der Waals surface area contributed by atoms with Crippen LogP contribution >= 0.6 is 0 Å². The predicted octanol–water partition coefficient (Wildman–Crippen LogP) is 3.70. The molecule has 1 N–H and O–H groups in total. The molecule has 1 unspecified atom stereocenters. The van der Waals surface area contributed by atoms with E-state index >= 15 is 0 Å². The SMILES string of the molecule is Cc1ccnc(NC(C)c2ccc(F)cc2)c1. The van der Waals surface area contributed by atoms with Gasteiger partial charge in [0.2, 0.25) is 0 Å². The van der Waals surface area contributed by atoms with Crippen LogP contribution in [0.2, 0.25) is 0 Å². The van der Waals surface area contributed by atoms with Gasteiger partial charge in [0, 0.05) is 12.2 Å². The van der Waals surface area contributed by atoms with Gasteiger partial charge in [-0.2, -0.15) is 0 Å². The minimum atomic E-state index is -0.213. The molecule has 0 aliphatic carbocycles. The average molecular weight is 230 g/mol. The number of nitrogens with one attached hydrogen (secondary N) is 1. The van der Waals surface area contributed by atoms with Crippen LogP contribution in [-0.4, -0.2) is 4.98 Å². The highest BCUT2D eigenvalue weighted by Crippen LogP contribution is 2.18. The Bertz CT molecular complexity index is 494. The number of rotatable bonds is 3. The van der Waals surface area contributed by atoms with Gasteiger partial charge in [0.1, 0.15) is 11.6 Å². The van der Waals surface area contributed by atoms with E-state index in [0.717, 1.165) is 16.9 Å². The highest BCUT2D eigenvalue weighted by molar-refractivity contribution is 5.40. The van der Waals surface area contributed by atoms with Gasteiger partial charge in [-0.1, -0.05) is 12.1 Å². The standard InChI is InChI=1S/C14H15FN2/c1-10-7-8-16-14(9-10)17-11(2)12-3-5-13(15)6-4-12/h3-9,11H,1-2H3,(H,16,17). The van der Waals surface area contributed by atoms with Gasteiger partial charge >= 0.3 is 0 Å². The van der Waals surface area contributed by atoms with E-state index < -0.39 is 0 Å². The molecule has 2 nitrogen and oxygen atoms in total. The lowest BCUT2D eigenvalue weighted by Crippen LogP contribution is -2.07. The number of hydrogen-bond acceptors (Lipinski definition) is 2. The molecule has 2 aromatic rings. The molecule has 0 saturated heterocycles. The highest BCUT2D eigenvalue weighted by Gasteiger charge is 2.05. The van der Waals surface area contributed by atoms with Gasteiger partial charge in [0.25, 0.3) is 0 Å². The molecule has 0 saturated carbocycles. The predicted molar refractivity (Wildman–Crippen MR) is 67.4 cm³/mol. The third kappa shape index (κ3) is 3.03. The Morgan fingerprint density at radius 3 is 2.53 bits per heavy atom. The minimum absolute atomic E-state index is 0.102. The van der Waals surface area contributed by atoms with Gasteiger partial charge < -0.3 is 5.32 Å². The Hall–Kier alpha value is -1.90. The van der Waals surface area contributed by atoms with Crippen LogP contribution in [-0.2, 0) is 0 Å². The van der Waals surface area contributed by atoms with Crippen molar-refractivity contribution in [2.75, 3.05) is 5.32 Å². The molecule has 0 spiro atoms. The summed E-state index contributed by atoms with van der Waals surface area (Å²) in [5, 5.41) is 3.28. The Labute approximate surface area is 101 Å². The summed E-state index contributed by atoms with van der Waals surface area (Å²) in [6, 6.07) is 10.5. The zero-order valence-electron chi connectivity index (χ0n) is 9.94. The quantitative estimate of drug-likeness (QED) is 0.869. The second kappa shape index (κ2) is 4.95. The third-order valence-electron chi connectivity index (χ3n) is 2.65. The molecule has 0 fully saturated rings. The van der Waals surface area contributed by atoms with Crippen LogP contribution in [0.4, 0.5) is 10.2 Å². The van der Waals surface area contributed by atoms with Crippen molar-refractivity contribution in [3.05, 3.63) is 59.5 Å². The van der Waals surface area contributed by atoms with E-state index in [2.05, 4.69) is 10.3 Å². The van der Waals surface area contributed by atoms with Gasteiger partial charge in [-0.15, -0.1) is 0 Å². The first-order chi connectivity index (χ1) is 8.15. The third-order valence-corrected chi connectivity index (χ3v) is 2.65. The molecule has 1 heterocycles. The van der Waals surface area contributed by atoms with Crippen molar-refractivity contribution in [1.82, 2.24) is 4.98 Å². The molecule has 1 aromatic heterocycles. The van der Waals surface area contributed by atoms with Crippen LogP contribution in [0.5, 0.6) is 0 Å². The summed E-state index contributed by atoms with van der Waals surface area (Å²) in [4.78, 5) is 4.24. The number of halogens is 1. The van der Waals surface area contributed by atoms with Gasteiger partial charge in [-0.3, -0.25) is 0 Å². The van der Waals surface area contributed by atoms with Crippen LogP contribution in [0.15, 0.2) is 42.6 Å². The molecule has 88 valence electrons.